The Kier molecular flexibility index (Phi) is 3.67. The van der Waals surface area contributed by atoms with Gasteiger partial charge in [0.25, 0.3) is 0 Å². The SMILES string of the molecule is Cl[Si]Cc1ccccc1-c1cccc2ccccc12. The Balaban J connectivity index is 2.25. The Morgan fingerprint density at radius 1 is 0.737 bits per heavy atom. The Labute approximate surface area is 120 Å². The molecule has 0 saturated heterocycles. The molecule has 0 heterocycles. The van der Waals surface area contributed by atoms with E-state index in [1.807, 2.05) is 0 Å². The molecule has 0 aliphatic carbocycles. The van der Waals surface area contributed by atoms with Gasteiger partial charge in [0.1, 0.15) is 0 Å². The van der Waals surface area contributed by atoms with Crippen molar-refractivity contribution in [2.75, 3.05) is 0 Å². The zero-order valence-electron chi connectivity index (χ0n) is 10.4. The summed E-state index contributed by atoms with van der Waals surface area (Å²) in [5, 5.41) is 2.58. The van der Waals surface area contributed by atoms with Gasteiger partial charge in [0.05, 0.1) is 0 Å². The summed E-state index contributed by atoms with van der Waals surface area (Å²) >= 11 is 5.94. The van der Waals surface area contributed by atoms with E-state index >= 15 is 0 Å². The molecule has 0 aliphatic heterocycles. The summed E-state index contributed by atoms with van der Waals surface area (Å²) in [6, 6.07) is 24.5. The van der Waals surface area contributed by atoms with Crippen molar-refractivity contribution in [3.63, 3.8) is 0 Å². The third-order valence-corrected chi connectivity index (χ3v) is 4.27. The second-order valence-corrected chi connectivity index (χ2v) is 5.92. The molecule has 3 aromatic carbocycles. The zero-order chi connectivity index (χ0) is 13.1. The molecule has 3 rings (SSSR count). The minimum atomic E-state index is 0.426. The topological polar surface area (TPSA) is 0 Å². The number of hydrogen-bond acceptors (Lipinski definition) is 0. The molecule has 0 bridgehead atoms. The monoisotopic (exact) mass is 280 g/mol. The molecule has 3 aromatic rings. The van der Waals surface area contributed by atoms with Gasteiger partial charge in [0, 0.05) is 0 Å². The molecule has 92 valence electrons. The summed E-state index contributed by atoms with van der Waals surface area (Å²) in [5.74, 6) is 0. The summed E-state index contributed by atoms with van der Waals surface area (Å²) < 4.78 is 0. The van der Waals surface area contributed by atoms with Crippen LogP contribution in [0, 0.1) is 0 Å². The molecular weight excluding hydrogens is 268 g/mol. The van der Waals surface area contributed by atoms with Gasteiger partial charge in [-0.1, -0.05) is 66.7 Å². The van der Waals surface area contributed by atoms with E-state index in [9.17, 15) is 0 Å². The second-order valence-electron chi connectivity index (χ2n) is 4.49. The van der Waals surface area contributed by atoms with Gasteiger partial charge in [-0.15, -0.1) is 0 Å². The van der Waals surface area contributed by atoms with Gasteiger partial charge >= 0.3 is 0 Å². The molecular formula is C17H13ClSi. The predicted molar refractivity (Wildman–Crippen MR) is 84.7 cm³/mol. The lowest BCUT2D eigenvalue weighted by Gasteiger charge is -2.11. The number of rotatable bonds is 3. The van der Waals surface area contributed by atoms with E-state index in [-0.39, 0.29) is 0 Å². The minimum Gasteiger partial charge on any atom is -0.171 e. The highest BCUT2D eigenvalue weighted by molar-refractivity contribution is 6.93. The largest absolute Gasteiger partial charge is 0.176 e. The van der Waals surface area contributed by atoms with Crippen molar-refractivity contribution in [2.45, 2.75) is 6.04 Å². The quantitative estimate of drug-likeness (QED) is 0.474. The summed E-state index contributed by atoms with van der Waals surface area (Å²) in [5.41, 5.74) is 3.92. The van der Waals surface area contributed by atoms with Crippen molar-refractivity contribution in [2.24, 2.45) is 0 Å². The van der Waals surface area contributed by atoms with Crippen molar-refractivity contribution in [1.82, 2.24) is 0 Å². The van der Waals surface area contributed by atoms with Gasteiger partial charge < -0.3 is 0 Å². The van der Waals surface area contributed by atoms with Gasteiger partial charge in [0.15, 0.2) is 8.83 Å². The molecule has 2 radical (unpaired) electrons. The first kappa shape index (κ1) is 12.5. The van der Waals surface area contributed by atoms with E-state index in [0.29, 0.717) is 8.83 Å². The van der Waals surface area contributed by atoms with Gasteiger partial charge in [-0.3, -0.25) is 0 Å². The summed E-state index contributed by atoms with van der Waals surface area (Å²) in [7, 11) is 0.426. The van der Waals surface area contributed by atoms with Crippen LogP contribution >= 0.6 is 11.1 Å². The Hall–Kier alpha value is -1.57. The molecule has 0 aliphatic rings. The number of fused-ring (bicyclic) bond motifs is 1. The first-order chi connectivity index (χ1) is 9.40. The highest BCUT2D eigenvalue weighted by Crippen LogP contribution is 2.31. The fraction of sp³-hybridized carbons (Fsp3) is 0.0588. The van der Waals surface area contributed by atoms with Crippen LogP contribution in [0.4, 0.5) is 0 Å². The van der Waals surface area contributed by atoms with Crippen LogP contribution in [0.2, 0.25) is 0 Å². The van der Waals surface area contributed by atoms with E-state index in [0.717, 1.165) is 6.04 Å². The number of halogens is 1. The number of benzene rings is 3. The molecule has 0 amide bonds. The summed E-state index contributed by atoms with van der Waals surface area (Å²) in [4.78, 5) is 0. The maximum absolute atomic E-state index is 5.94. The molecule has 0 unspecified atom stereocenters. The third kappa shape index (κ3) is 2.44. The molecule has 0 spiro atoms. The lowest BCUT2D eigenvalue weighted by molar-refractivity contribution is 1.40. The Morgan fingerprint density at radius 3 is 2.32 bits per heavy atom. The van der Waals surface area contributed by atoms with E-state index < -0.39 is 0 Å². The Bertz CT molecular complexity index is 701. The van der Waals surface area contributed by atoms with E-state index in [1.54, 1.807) is 0 Å². The highest BCUT2D eigenvalue weighted by Gasteiger charge is 2.07. The maximum Gasteiger partial charge on any atom is 0.176 e. The minimum absolute atomic E-state index is 0.426. The highest BCUT2D eigenvalue weighted by atomic mass is 35.6. The van der Waals surface area contributed by atoms with Crippen LogP contribution in [0.1, 0.15) is 5.56 Å². The van der Waals surface area contributed by atoms with Gasteiger partial charge in [-0.25, -0.2) is 0 Å². The first-order valence-electron chi connectivity index (χ1n) is 6.29. The van der Waals surface area contributed by atoms with Crippen molar-refractivity contribution in [3.05, 3.63) is 72.3 Å². The molecule has 19 heavy (non-hydrogen) atoms. The average molecular weight is 281 g/mol. The number of hydrogen-bond donors (Lipinski definition) is 0. The lowest BCUT2D eigenvalue weighted by atomic mass is 9.95. The summed E-state index contributed by atoms with van der Waals surface area (Å²) in [6.07, 6.45) is 0. The molecule has 0 aromatic heterocycles. The molecule has 2 heteroatoms. The summed E-state index contributed by atoms with van der Waals surface area (Å²) in [6.45, 7) is 0. The fourth-order valence-electron chi connectivity index (χ4n) is 2.47. The molecule has 0 saturated carbocycles. The Morgan fingerprint density at radius 2 is 1.42 bits per heavy atom. The average Bonchev–Trinajstić information content (AvgIpc) is 2.48. The smallest absolute Gasteiger partial charge is 0.171 e. The van der Waals surface area contributed by atoms with Crippen LogP contribution in [0.15, 0.2) is 66.7 Å². The first-order valence-corrected chi connectivity index (χ1v) is 8.51. The third-order valence-electron chi connectivity index (χ3n) is 3.35. The van der Waals surface area contributed by atoms with E-state index in [4.69, 9.17) is 11.1 Å². The molecule has 0 N–H and O–H groups in total. The van der Waals surface area contributed by atoms with E-state index in [1.165, 1.54) is 27.5 Å². The maximum atomic E-state index is 5.94. The van der Waals surface area contributed by atoms with Crippen molar-refractivity contribution in [3.8, 4) is 11.1 Å². The van der Waals surface area contributed by atoms with Crippen molar-refractivity contribution >= 4 is 30.7 Å². The fourth-order valence-corrected chi connectivity index (χ4v) is 3.35. The second kappa shape index (κ2) is 5.60. The zero-order valence-corrected chi connectivity index (χ0v) is 12.2. The van der Waals surface area contributed by atoms with Crippen LogP contribution < -0.4 is 0 Å². The standard InChI is InChI=1S/C17H13ClSi/c18-19-12-14-7-2-4-10-16(14)17-11-5-8-13-6-1-3-9-15(13)17/h1-11H,12H2. The van der Waals surface area contributed by atoms with Crippen LogP contribution in [-0.4, -0.2) is 8.83 Å². The molecule has 0 atom stereocenters. The van der Waals surface area contributed by atoms with Crippen molar-refractivity contribution < 1.29 is 0 Å². The van der Waals surface area contributed by atoms with Crippen molar-refractivity contribution in [1.29, 1.82) is 0 Å². The van der Waals surface area contributed by atoms with Gasteiger partial charge in [0.2, 0.25) is 0 Å². The molecule has 0 nitrogen and oxygen atoms in total. The normalized spacial score (nSPS) is 10.8. The van der Waals surface area contributed by atoms with Gasteiger partial charge in [-0.05, 0) is 33.5 Å². The van der Waals surface area contributed by atoms with Crippen LogP contribution in [0.5, 0.6) is 0 Å². The predicted octanol–water partition coefficient (Wildman–Crippen LogP) is 4.86. The van der Waals surface area contributed by atoms with Crippen LogP contribution in [-0.2, 0) is 6.04 Å². The molecule has 0 fully saturated rings. The van der Waals surface area contributed by atoms with Crippen LogP contribution in [0.3, 0.4) is 0 Å². The van der Waals surface area contributed by atoms with Gasteiger partial charge in [-0.2, -0.15) is 11.1 Å². The van der Waals surface area contributed by atoms with Crippen LogP contribution in [0.25, 0.3) is 21.9 Å². The lowest BCUT2D eigenvalue weighted by Crippen LogP contribution is -1.93. The van der Waals surface area contributed by atoms with E-state index in [2.05, 4.69) is 66.7 Å².